The van der Waals surface area contributed by atoms with Crippen molar-refractivity contribution >= 4 is 16.9 Å². The van der Waals surface area contributed by atoms with Gasteiger partial charge in [-0.1, -0.05) is 0 Å². The van der Waals surface area contributed by atoms with Crippen LogP contribution in [0.25, 0.3) is 22.3 Å². The van der Waals surface area contributed by atoms with E-state index in [9.17, 15) is 30.0 Å². The summed E-state index contributed by atoms with van der Waals surface area (Å²) in [5, 5.41) is 41.0. The first-order valence-corrected chi connectivity index (χ1v) is 10.6. The number of ether oxygens (including phenoxy) is 4. The molecule has 2 heterocycles. The molecule has 1 fully saturated rings. The minimum Gasteiger partial charge on any atom is -0.507 e. The van der Waals surface area contributed by atoms with Crippen LogP contribution in [0.4, 0.5) is 0 Å². The summed E-state index contributed by atoms with van der Waals surface area (Å²) >= 11 is 0. The predicted octanol–water partition coefficient (Wildman–Crippen LogP) is 0.924. The van der Waals surface area contributed by atoms with Gasteiger partial charge in [0.05, 0.1) is 7.11 Å². The monoisotopic (exact) mass is 488 g/mol. The molecule has 4 N–H and O–H groups in total. The van der Waals surface area contributed by atoms with Crippen LogP contribution in [0, 0.1) is 0 Å². The van der Waals surface area contributed by atoms with Crippen LogP contribution in [0.2, 0.25) is 0 Å². The van der Waals surface area contributed by atoms with Crippen LogP contribution >= 0.6 is 0 Å². The molecule has 1 saturated heterocycles. The van der Waals surface area contributed by atoms with Gasteiger partial charge in [0.25, 0.3) is 0 Å². The van der Waals surface area contributed by atoms with Gasteiger partial charge in [0, 0.05) is 30.7 Å². The molecule has 0 amide bonds. The van der Waals surface area contributed by atoms with Crippen LogP contribution in [0.5, 0.6) is 17.2 Å². The number of rotatable bonds is 6. The molecule has 3 aromatic rings. The van der Waals surface area contributed by atoms with E-state index in [0.29, 0.717) is 11.3 Å². The summed E-state index contributed by atoms with van der Waals surface area (Å²) in [5.74, 6) is -0.258. The van der Waals surface area contributed by atoms with Gasteiger partial charge in [0.1, 0.15) is 65.0 Å². The van der Waals surface area contributed by atoms with Gasteiger partial charge < -0.3 is 43.8 Å². The first kappa shape index (κ1) is 24.5. The number of phenolic OH excluding ortho intramolecular Hbond substituents is 1. The number of fused-ring (bicyclic) bond motifs is 1. The van der Waals surface area contributed by atoms with Crippen molar-refractivity contribution < 1.29 is 48.6 Å². The van der Waals surface area contributed by atoms with E-state index < -0.39 is 47.9 Å². The summed E-state index contributed by atoms with van der Waals surface area (Å²) < 4.78 is 26.9. The number of benzene rings is 2. The van der Waals surface area contributed by atoms with Crippen LogP contribution in [0.1, 0.15) is 6.92 Å². The van der Waals surface area contributed by atoms with Gasteiger partial charge in [-0.3, -0.25) is 9.59 Å². The van der Waals surface area contributed by atoms with E-state index in [1.54, 1.807) is 24.3 Å². The highest BCUT2D eigenvalue weighted by Gasteiger charge is 2.45. The summed E-state index contributed by atoms with van der Waals surface area (Å²) in [7, 11) is 1.53. The average Bonchev–Trinajstić information content (AvgIpc) is 2.83. The van der Waals surface area contributed by atoms with Crippen LogP contribution in [0.15, 0.2) is 51.7 Å². The second-order valence-electron chi connectivity index (χ2n) is 7.95. The summed E-state index contributed by atoms with van der Waals surface area (Å²) in [6.07, 6.45) is -7.56. The maximum atomic E-state index is 12.7. The van der Waals surface area contributed by atoms with Crippen molar-refractivity contribution in [1.29, 1.82) is 0 Å². The number of phenols is 1. The second-order valence-corrected chi connectivity index (χ2v) is 7.95. The number of methoxy groups -OCH3 is 1. The van der Waals surface area contributed by atoms with Crippen LogP contribution in [-0.2, 0) is 14.3 Å². The summed E-state index contributed by atoms with van der Waals surface area (Å²) in [4.78, 5) is 23.8. The van der Waals surface area contributed by atoms with E-state index in [-0.39, 0.29) is 29.1 Å². The molecule has 0 spiro atoms. The standard InChI is InChI=1S/C24H24O11/c1-11(25)32-10-19-21(28)22(29)23(30)24(35-19)33-14-7-15(26)20-16(27)9-17(34-18(20)8-14)12-3-5-13(31-2)6-4-12/h3-9,19,21-24,26,28-30H,10H2,1-2H3/t19-,21-,22+,23-,24-/m0/s1. The van der Waals surface area contributed by atoms with Crippen molar-refractivity contribution in [2.45, 2.75) is 37.6 Å². The molecule has 11 heteroatoms. The van der Waals surface area contributed by atoms with E-state index in [2.05, 4.69) is 0 Å². The Labute approximate surface area is 198 Å². The highest BCUT2D eigenvalue weighted by molar-refractivity contribution is 5.86. The van der Waals surface area contributed by atoms with Crippen LogP contribution in [-0.4, -0.2) is 70.8 Å². The molecule has 0 saturated carbocycles. The molecule has 1 aromatic heterocycles. The lowest BCUT2D eigenvalue weighted by Crippen LogP contribution is -2.60. The second kappa shape index (κ2) is 9.92. The third kappa shape index (κ3) is 5.08. The molecule has 0 bridgehead atoms. The Kier molecular flexibility index (Phi) is 6.94. The molecule has 35 heavy (non-hydrogen) atoms. The Morgan fingerprint density at radius 2 is 1.71 bits per heavy atom. The molecule has 1 aliphatic heterocycles. The van der Waals surface area contributed by atoms with Crippen molar-refractivity contribution in [3.05, 3.63) is 52.7 Å². The first-order valence-electron chi connectivity index (χ1n) is 10.6. The van der Waals surface area contributed by atoms with Gasteiger partial charge in [-0.2, -0.15) is 0 Å². The predicted molar refractivity (Wildman–Crippen MR) is 120 cm³/mol. The van der Waals surface area contributed by atoms with Crippen molar-refractivity contribution in [2.75, 3.05) is 13.7 Å². The lowest BCUT2D eigenvalue weighted by molar-refractivity contribution is -0.278. The molecule has 186 valence electrons. The molecule has 2 aromatic carbocycles. The molecule has 0 radical (unpaired) electrons. The van der Waals surface area contributed by atoms with Gasteiger partial charge in [0.15, 0.2) is 5.43 Å². The van der Waals surface area contributed by atoms with Crippen LogP contribution in [0.3, 0.4) is 0 Å². The quantitative estimate of drug-likeness (QED) is 0.365. The number of aliphatic hydroxyl groups excluding tert-OH is 3. The third-order valence-corrected chi connectivity index (χ3v) is 5.53. The van der Waals surface area contributed by atoms with Gasteiger partial charge >= 0.3 is 5.97 Å². The van der Waals surface area contributed by atoms with E-state index in [1.807, 2.05) is 0 Å². The largest absolute Gasteiger partial charge is 0.507 e. The molecule has 5 atom stereocenters. The fraction of sp³-hybridized carbons (Fsp3) is 0.333. The van der Waals surface area contributed by atoms with Crippen LogP contribution < -0.4 is 14.9 Å². The van der Waals surface area contributed by atoms with Crippen molar-refractivity contribution in [1.82, 2.24) is 0 Å². The maximum absolute atomic E-state index is 12.7. The number of aromatic hydroxyl groups is 1. The zero-order chi connectivity index (χ0) is 25.3. The fourth-order valence-corrected chi connectivity index (χ4v) is 3.69. The average molecular weight is 488 g/mol. The molecule has 1 aliphatic rings. The van der Waals surface area contributed by atoms with Crippen molar-refractivity contribution in [3.8, 4) is 28.6 Å². The Morgan fingerprint density at radius 1 is 1.00 bits per heavy atom. The van der Waals surface area contributed by atoms with E-state index in [0.717, 1.165) is 6.07 Å². The molecule has 0 unspecified atom stereocenters. The van der Waals surface area contributed by atoms with Gasteiger partial charge in [-0.05, 0) is 24.3 Å². The number of carbonyl (C=O) groups excluding carboxylic acids is 1. The molecular weight excluding hydrogens is 464 g/mol. The molecule has 4 rings (SSSR count). The molecular formula is C24H24O11. The Bertz CT molecular complexity index is 1270. The molecule has 0 aliphatic carbocycles. The zero-order valence-electron chi connectivity index (χ0n) is 18.8. The number of esters is 1. The Balaban J connectivity index is 1.64. The lowest BCUT2D eigenvalue weighted by atomic mass is 9.99. The fourth-order valence-electron chi connectivity index (χ4n) is 3.69. The van der Waals surface area contributed by atoms with Crippen molar-refractivity contribution in [2.24, 2.45) is 0 Å². The lowest BCUT2D eigenvalue weighted by Gasteiger charge is -2.39. The van der Waals surface area contributed by atoms with Gasteiger partial charge in [-0.15, -0.1) is 0 Å². The highest BCUT2D eigenvalue weighted by atomic mass is 16.7. The van der Waals surface area contributed by atoms with E-state index in [4.69, 9.17) is 23.4 Å². The topological polar surface area (TPSA) is 165 Å². The SMILES string of the molecule is COc1ccc(-c2cc(=O)c3c(O)cc(O[C@H]4O[C@@H](COC(C)=O)[C@H](O)[C@@H](O)[C@@H]4O)cc3o2)cc1. The summed E-state index contributed by atoms with van der Waals surface area (Å²) in [5.41, 5.74) is 0.0998. The van der Waals surface area contributed by atoms with Gasteiger partial charge in [0.2, 0.25) is 6.29 Å². The number of aliphatic hydroxyl groups is 3. The zero-order valence-corrected chi connectivity index (χ0v) is 18.8. The van der Waals surface area contributed by atoms with E-state index >= 15 is 0 Å². The van der Waals surface area contributed by atoms with Gasteiger partial charge in [-0.25, -0.2) is 0 Å². The maximum Gasteiger partial charge on any atom is 0.302 e. The minimum atomic E-state index is -1.67. The summed E-state index contributed by atoms with van der Waals surface area (Å²) in [6, 6.07) is 10.5. The van der Waals surface area contributed by atoms with Crippen molar-refractivity contribution in [3.63, 3.8) is 0 Å². The van der Waals surface area contributed by atoms with E-state index in [1.165, 1.54) is 26.2 Å². The summed E-state index contributed by atoms with van der Waals surface area (Å²) in [6.45, 7) is 0.781. The highest BCUT2D eigenvalue weighted by Crippen LogP contribution is 2.33. The number of carbonyl (C=O) groups is 1. The smallest absolute Gasteiger partial charge is 0.302 e. The minimum absolute atomic E-state index is 0.000614. The Morgan fingerprint density at radius 3 is 2.37 bits per heavy atom. The Hall–Kier alpha value is -3.64. The first-order chi connectivity index (χ1) is 16.7. The third-order valence-electron chi connectivity index (χ3n) is 5.53. The molecule has 11 nitrogen and oxygen atoms in total. The number of hydrogen-bond acceptors (Lipinski definition) is 11. The normalized spacial score (nSPS) is 24.2. The number of hydrogen-bond donors (Lipinski definition) is 4.